The maximum Gasteiger partial charge on any atom is 0.196 e. The zero-order valence-electron chi connectivity index (χ0n) is 18.1. The molecule has 3 nitrogen and oxygen atoms in total. The number of phenolic OH excluding ortho intramolecular Hbond substituents is 1. The van der Waals surface area contributed by atoms with Gasteiger partial charge in [0.15, 0.2) is 5.78 Å². The van der Waals surface area contributed by atoms with Gasteiger partial charge in [0, 0.05) is 22.7 Å². The number of rotatable bonds is 4. The smallest absolute Gasteiger partial charge is 0.196 e. The second-order valence-corrected chi connectivity index (χ2v) is 10.3. The molecule has 1 unspecified atom stereocenters. The fraction of sp³-hybridized carbons (Fsp3) is 0.522. The highest BCUT2D eigenvalue weighted by Crippen LogP contribution is 2.41. The molecule has 1 atom stereocenters. The van der Waals surface area contributed by atoms with Gasteiger partial charge in [-0.15, -0.1) is 0 Å². The molecule has 0 aliphatic heterocycles. The van der Waals surface area contributed by atoms with Gasteiger partial charge < -0.3 is 9.67 Å². The van der Waals surface area contributed by atoms with Gasteiger partial charge in [-0.2, -0.15) is 0 Å². The van der Waals surface area contributed by atoms with Crippen LogP contribution in [0.4, 0.5) is 0 Å². The van der Waals surface area contributed by atoms with Crippen LogP contribution < -0.4 is 0 Å². The average Bonchev–Trinajstić information content (AvgIpc) is 2.86. The third-order valence-electron chi connectivity index (χ3n) is 5.19. The van der Waals surface area contributed by atoms with Crippen molar-refractivity contribution < 1.29 is 9.90 Å². The third kappa shape index (κ3) is 4.26. The molecule has 0 saturated heterocycles. The minimum atomic E-state index is -0.315. The topological polar surface area (TPSA) is 42.2 Å². The van der Waals surface area contributed by atoms with Crippen molar-refractivity contribution in [3.8, 4) is 5.75 Å². The molecular weight excluding hydrogens is 393 g/mol. The standard InChI is InChI=1S/C23H31Cl2NO2/c1-9-13(2)26-18(24)12-15(21(26)25)19(27)14-10-16(22(3,4)5)20(28)17(11-14)23(6,7)8/h10-13,28H,9H2,1-8H3. The second kappa shape index (κ2) is 7.76. The Balaban J connectivity index is 2.71. The first-order chi connectivity index (χ1) is 12.7. The Morgan fingerprint density at radius 3 is 1.89 bits per heavy atom. The van der Waals surface area contributed by atoms with Crippen LogP contribution in [-0.2, 0) is 10.8 Å². The van der Waals surface area contributed by atoms with Crippen LogP contribution in [0.25, 0.3) is 0 Å². The molecular formula is C23H31Cl2NO2. The van der Waals surface area contributed by atoms with Gasteiger partial charge in [-0.05, 0) is 42.4 Å². The van der Waals surface area contributed by atoms with Crippen LogP contribution in [-0.4, -0.2) is 15.5 Å². The van der Waals surface area contributed by atoms with Gasteiger partial charge in [-0.3, -0.25) is 4.79 Å². The van der Waals surface area contributed by atoms with Gasteiger partial charge in [0.05, 0.1) is 5.56 Å². The van der Waals surface area contributed by atoms with Crippen molar-refractivity contribution in [2.24, 2.45) is 0 Å². The molecule has 0 aliphatic carbocycles. The lowest BCUT2D eigenvalue weighted by atomic mass is 9.78. The molecule has 1 N–H and O–H groups in total. The molecule has 154 valence electrons. The van der Waals surface area contributed by atoms with E-state index in [9.17, 15) is 9.90 Å². The van der Waals surface area contributed by atoms with Crippen molar-refractivity contribution in [1.82, 2.24) is 4.57 Å². The fourth-order valence-electron chi connectivity index (χ4n) is 3.28. The molecule has 1 heterocycles. The SMILES string of the molecule is CCC(C)n1c(Cl)cc(C(=O)c2cc(C(C)(C)C)c(O)c(C(C)(C)C)c2)c1Cl. The van der Waals surface area contributed by atoms with Crippen molar-refractivity contribution in [3.63, 3.8) is 0 Å². The van der Waals surface area contributed by atoms with Crippen molar-refractivity contribution in [2.75, 3.05) is 0 Å². The minimum Gasteiger partial charge on any atom is -0.507 e. The molecule has 0 saturated carbocycles. The van der Waals surface area contributed by atoms with Crippen LogP contribution >= 0.6 is 23.2 Å². The first-order valence-corrected chi connectivity index (χ1v) is 10.4. The third-order valence-corrected chi connectivity index (χ3v) is 5.87. The number of aromatic hydroxyl groups is 1. The van der Waals surface area contributed by atoms with Gasteiger partial charge in [0.2, 0.25) is 0 Å². The Bertz CT molecular complexity index is 864. The Hall–Kier alpha value is -1.45. The van der Waals surface area contributed by atoms with Crippen LogP contribution in [0.1, 0.15) is 94.9 Å². The van der Waals surface area contributed by atoms with Crippen molar-refractivity contribution in [2.45, 2.75) is 78.7 Å². The molecule has 1 aromatic carbocycles. The van der Waals surface area contributed by atoms with E-state index in [-0.39, 0.29) is 28.4 Å². The number of hydrogen-bond donors (Lipinski definition) is 1. The van der Waals surface area contributed by atoms with E-state index >= 15 is 0 Å². The number of benzene rings is 1. The number of aromatic nitrogens is 1. The summed E-state index contributed by atoms with van der Waals surface area (Å²) in [6.07, 6.45) is 0.851. The minimum absolute atomic E-state index is 0.0941. The molecule has 0 radical (unpaired) electrons. The maximum atomic E-state index is 13.4. The van der Waals surface area contributed by atoms with E-state index in [1.807, 2.05) is 55.4 Å². The summed E-state index contributed by atoms with van der Waals surface area (Å²) in [5, 5.41) is 11.7. The van der Waals surface area contributed by atoms with Gasteiger partial charge in [0.1, 0.15) is 16.1 Å². The Morgan fingerprint density at radius 2 is 1.50 bits per heavy atom. The molecule has 0 aliphatic rings. The number of hydrogen-bond acceptors (Lipinski definition) is 2. The normalized spacial score (nSPS) is 13.6. The second-order valence-electron chi connectivity index (χ2n) is 9.55. The lowest BCUT2D eigenvalue weighted by molar-refractivity contribution is 0.103. The summed E-state index contributed by atoms with van der Waals surface area (Å²) in [6.45, 7) is 16.2. The van der Waals surface area contributed by atoms with E-state index in [0.29, 0.717) is 21.4 Å². The first kappa shape index (κ1) is 22.8. The van der Waals surface area contributed by atoms with Gasteiger partial charge in [-0.1, -0.05) is 71.7 Å². The number of phenols is 1. The van der Waals surface area contributed by atoms with Crippen molar-refractivity contribution >= 4 is 29.0 Å². The number of nitrogens with zero attached hydrogens (tertiary/aromatic N) is 1. The van der Waals surface area contributed by atoms with Crippen LogP contribution in [0.15, 0.2) is 18.2 Å². The number of carbonyl (C=O) groups excluding carboxylic acids is 1. The summed E-state index contributed by atoms with van der Waals surface area (Å²) in [4.78, 5) is 13.4. The largest absolute Gasteiger partial charge is 0.507 e. The Morgan fingerprint density at radius 1 is 1.04 bits per heavy atom. The van der Waals surface area contributed by atoms with Crippen LogP contribution in [0.5, 0.6) is 5.75 Å². The molecule has 1 aromatic heterocycles. The van der Waals surface area contributed by atoms with Crippen molar-refractivity contribution in [3.05, 3.63) is 50.8 Å². The molecule has 2 rings (SSSR count). The Labute approximate surface area is 178 Å². The van der Waals surface area contributed by atoms with E-state index in [1.54, 1.807) is 22.8 Å². The average molecular weight is 424 g/mol. The summed E-state index contributed by atoms with van der Waals surface area (Å²) in [6, 6.07) is 5.28. The monoisotopic (exact) mass is 423 g/mol. The lowest BCUT2D eigenvalue weighted by Gasteiger charge is -2.28. The van der Waals surface area contributed by atoms with E-state index in [2.05, 4.69) is 0 Å². The predicted octanol–water partition coefficient (Wildman–Crippen LogP) is 7.30. The molecule has 28 heavy (non-hydrogen) atoms. The van der Waals surface area contributed by atoms with E-state index in [4.69, 9.17) is 23.2 Å². The highest BCUT2D eigenvalue weighted by atomic mass is 35.5. The van der Waals surface area contributed by atoms with Gasteiger partial charge in [0.25, 0.3) is 0 Å². The van der Waals surface area contributed by atoms with Crippen LogP contribution in [0.3, 0.4) is 0 Å². The van der Waals surface area contributed by atoms with Gasteiger partial charge >= 0.3 is 0 Å². The summed E-state index contributed by atoms with van der Waals surface area (Å²) in [7, 11) is 0. The highest BCUT2D eigenvalue weighted by Gasteiger charge is 2.29. The lowest BCUT2D eigenvalue weighted by Crippen LogP contribution is -2.19. The number of halogens is 2. The fourth-order valence-corrected chi connectivity index (χ4v) is 4.08. The van der Waals surface area contributed by atoms with E-state index in [1.165, 1.54) is 0 Å². The maximum absolute atomic E-state index is 13.4. The van der Waals surface area contributed by atoms with Crippen LogP contribution in [0.2, 0.25) is 10.3 Å². The quantitative estimate of drug-likeness (QED) is 0.524. The summed E-state index contributed by atoms with van der Waals surface area (Å²) in [5.74, 6) is 0.0582. The van der Waals surface area contributed by atoms with E-state index in [0.717, 1.165) is 17.5 Å². The van der Waals surface area contributed by atoms with Crippen molar-refractivity contribution in [1.29, 1.82) is 0 Å². The predicted molar refractivity (Wildman–Crippen MR) is 118 cm³/mol. The highest BCUT2D eigenvalue weighted by molar-refractivity contribution is 6.37. The molecule has 0 amide bonds. The first-order valence-electron chi connectivity index (χ1n) is 9.69. The summed E-state index contributed by atoms with van der Waals surface area (Å²) in [5.41, 5.74) is 1.75. The molecule has 0 bridgehead atoms. The van der Waals surface area contributed by atoms with Gasteiger partial charge in [-0.25, -0.2) is 0 Å². The molecule has 0 fully saturated rings. The zero-order valence-corrected chi connectivity index (χ0v) is 19.6. The van der Waals surface area contributed by atoms with Crippen LogP contribution in [0, 0.1) is 0 Å². The summed E-state index contributed by atoms with van der Waals surface area (Å²) < 4.78 is 1.78. The molecule has 5 heteroatoms. The summed E-state index contributed by atoms with van der Waals surface area (Å²) >= 11 is 12.9. The van der Waals surface area contributed by atoms with E-state index < -0.39 is 0 Å². The number of carbonyl (C=O) groups is 1. The number of ketones is 1. The Kier molecular flexibility index (Phi) is 6.33. The molecule has 2 aromatic rings. The zero-order chi connectivity index (χ0) is 21.6. The molecule has 0 spiro atoms.